The summed E-state index contributed by atoms with van der Waals surface area (Å²) in [5.74, 6) is 0.00320. The van der Waals surface area contributed by atoms with Crippen LogP contribution in [-0.2, 0) is 0 Å². The second-order valence-corrected chi connectivity index (χ2v) is 4.64. The summed E-state index contributed by atoms with van der Waals surface area (Å²) in [6, 6.07) is 4.91. The van der Waals surface area contributed by atoms with E-state index in [4.69, 9.17) is 5.73 Å². The lowest BCUT2D eigenvalue weighted by molar-refractivity contribution is 0.0704. The molecule has 0 fully saturated rings. The highest BCUT2D eigenvalue weighted by atomic mass is 16.3. The van der Waals surface area contributed by atoms with Crippen molar-refractivity contribution < 1.29 is 9.90 Å². The lowest BCUT2D eigenvalue weighted by Gasteiger charge is -2.28. The molecule has 1 rings (SSSR count). The Morgan fingerprint density at radius 2 is 1.94 bits per heavy atom. The van der Waals surface area contributed by atoms with Crippen molar-refractivity contribution in [1.82, 2.24) is 4.90 Å². The van der Waals surface area contributed by atoms with Gasteiger partial charge in [-0.15, -0.1) is 0 Å². The van der Waals surface area contributed by atoms with E-state index in [0.717, 1.165) is 0 Å². The number of nitrogen functional groups attached to an aromatic ring is 1. The fourth-order valence-electron chi connectivity index (χ4n) is 1.56. The van der Waals surface area contributed by atoms with Crippen LogP contribution in [-0.4, -0.2) is 29.0 Å². The van der Waals surface area contributed by atoms with Gasteiger partial charge in [-0.3, -0.25) is 4.79 Å². The van der Waals surface area contributed by atoms with Crippen LogP contribution in [0.25, 0.3) is 0 Å². The first kappa shape index (κ1) is 13.4. The fourth-order valence-corrected chi connectivity index (χ4v) is 1.56. The second kappa shape index (κ2) is 5.08. The number of hydrogen-bond acceptors (Lipinski definition) is 3. The summed E-state index contributed by atoms with van der Waals surface area (Å²) in [4.78, 5) is 13.8. The number of para-hydroxylation sites is 1. The minimum atomic E-state index is -0.212. The SMILES string of the molecule is CC(C)C(C)N(C)C(=O)c1cccc(N)c1O. The number of benzene rings is 1. The highest BCUT2D eigenvalue weighted by Crippen LogP contribution is 2.26. The average Bonchev–Trinajstić information content (AvgIpc) is 2.29. The topological polar surface area (TPSA) is 66.6 Å². The Bertz CT molecular complexity index is 416. The number of amides is 1. The van der Waals surface area contributed by atoms with Crippen LogP contribution in [0, 0.1) is 5.92 Å². The molecule has 0 saturated heterocycles. The van der Waals surface area contributed by atoms with Crippen molar-refractivity contribution in [2.24, 2.45) is 5.92 Å². The molecule has 0 saturated carbocycles. The highest BCUT2D eigenvalue weighted by molar-refractivity contribution is 5.98. The fraction of sp³-hybridized carbons (Fsp3) is 0.462. The van der Waals surface area contributed by atoms with Gasteiger partial charge in [-0.2, -0.15) is 0 Å². The number of nitrogens with two attached hydrogens (primary N) is 1. The van der Waals surface area contributed by atoms with Gasteiger partial charge in [0, 0.05) is 13.1 Å². The molecule has 0 aromatic heterocycles. The first-order chi connectivity index (χ1) is 7.86. The van der Waals surface area contributed by atoms with Crippen LogP contribution < -0.4 is 5.73 Å². The number of carbonyl (C=O) groups excluding carboxylic acids is 1. The molecule has 0 aliphatic rings. The molecular weight excluding hydrogens is 216 g/mol. The summed E-state index contributed by atoms with van der Waals surface area (Å²) >= 11 is 0. The number of carbonyl (C=O) groups is 1. The van der Waals surface area contributed by atoms with E-state index in [9.17, 15) is 9.90 Å². The van der Waals surface area contributed by atoms with Crippen molar-refractivity contribution in [2.75, 3.05) is 12.8 Å². The molecule has 0 spiro atoms. The monoisotopic (exact) mass is 236 g/mol. The van der Waals surface area contributed by atoms with Crippen molar-refractivity contribution in [3.05, 3.63) is 23.8 Å². The smallest absolute Gasteiger partial charge is 0.257 e. The van der Waals surface area contributed by atoms with E-state index < -0.39 is 0 Å². The quantitative estimate of drug-likeness (QED) is 0.624. The van der Waals surface area contributed by atoms with E-state index in [-0.39, 0.29) is 28.9 Å². The number of aromatic hydroxyl groups is 1. The Hall–Kier alpha value is -1.71. The Morgan fingerprint density at radius 1 is 1.35 bits per heavy atom. The molecule has 0 radical (unpaired) electrons. The number of phenols is 1. The van der Waals surface area contributed by atoms with Crippen LogP contribution in [0.15, 0.2) is 18.2 Å². The number of rotatable bonds is 3. The van der Waals surface area contributed by atoms with Gasteiger partial charge in [0.05, 0.1) is 11.3 Å². The van der Waals surface area contributed by atoms with E-state index >= 15 is 0 Å². The Labute approximate surface area is 102 Å². The van der Waals surface area contributed by atoms with Gasteiger partial charge >= 0.3 is 0 Å². The highest BCUT2D eigenvalue weighted by Gasteiger charge is 2.22. The van der Waals surface area contributed by atoms with Gasteiger partial charge in [0.15, 0.2) is 5.75 Å². The average molecular weight is 236 g/mol. The van der Waals surface area contributed by atoms with Crippen LogP contribution in [0.2, 0.25) is 0 Å². The molecule has 0 aliphatic carbocycles. The van der Waals surface area contributed by atoms with E-state index in [0.29, 0.717) is 5.92 Å². The van der Waals surface area contributed by atoms with Crippen molar-refractivity contribution >= 4 is 11.6 Å². The van der Waals surface area contributed by atoms with Crippen molar-refractivity contribution in [1.29, 1.82) is 0 Å². The number of phenolic OH excluding ortho intramolecular Hbond substituents is 1. The molecule has 17 heavy (non-hydrogen) atoms. The van der Waals surface area contributed by atoms with Crippen molar-refractivity contribution in [2.45, 2.75) is 26.8 Å². The number of anilines is 1. The van der Waals surface area contributed by atoms with E-state index in [1.165, 1.54) is 0 Å². The molecular formula is C13H20N2O2. The minimum absolute atomic E-state index is 0.100. The summed E-state index contributed by atoms with van der Waals surface area (Å²) in [7, 11) is 1.73. The minimum Gasteiger partial charge on any atom is -0.505 e. The summed E-state index contributed by atoms with van der Waals surface area (Å²) < 4.78 is 0. The predicted octanol–water partition coefficient (Wildman–Crippen LogP) is 2.09. The maximum Gasteiger partial charge on any atom is 0.257 e. The van der Waals surface area contributed by atoms with Crippen LogP contribution in [0.1, 0.15) is 31.1 Å². The lowest BCUT2D eigenvalue weighted by atomic mass is 10.0. The largest absolute Gasteiger partial charge is 0.505 e. The maximum absolute atomic E-state index is 12.2. The van der Waals surface area contributed by atoms with Gasteiger partial charge in [0.25, 0.3) is 5.91 Å². The zero-order valence-electron chi connectivity index (χ0n) is 10.8. The maximum atomic E-state index is 12.2. The van der Waals surface area contributed by atoms with Gasteiger partial charge in [-0.25, -0.2) is 0 Å². The normalized spacial score (nSPS) is 12.5. The molecule has 0 heterocycles. The molecule has 3 N–H and O–H groups in total. The summed E-state index contributed by atoms with van der Waals surface area (Å²) in [6.07, 6.45) is 0. The zero-order chi connectivity index (χ0) is 13.2. The van der Waals surface area contributed by atoms with Crippen LogP contribution in [0.3, 0.4) is 0 Å². The molecule has 0 aliphatic heterocycles. The van der Waals surface area contributed by atoms with Crippen molar-refractivity contribution in [3.8, 4) is 5.75 Å². The third kappa shape index (κ3) is 2.70. The van der Waals surface area contributed by atoms with E-state index in [2.05, 4.69) is 0 Å². The molecule has 1 aromatic rings. The van der Waals surface area contributed by atoms with Gasteiger partial charge in [0.2, 0.25) is 0 Å². The molecule has 4 heteroatoms. The molecule has 94 valence electrons. The Kier molecular flexibility index (Phi) is 3.99. The molecule has 0 bridgehead atoms. The number of hydrogen-bond donors (Lipinski definition) is 2. The third-order valence-corrected chi connectivity index (χ3v) is 3.19. The molecule has 1 amide bonds. The molecule has 1 atom stereocenters. The Balaban J connectivity index is 3.01. The number of nitrogens with zero attached hydrogens (tertiary/aromatic N) is 1. The van der Waals surface area contributed by atoms with Gasteiger partial charge < -0.3 is 15.7 Å². The third-order valence-electron chi connectivity index (χ3n) is 3.19. The first-order valence-corrected chi connectivity index (χ1v) is 5.70. The summed E-state index contributed by atoms with van der Waals surface area (Å²) in [6.45, 7) is 6.08. The first-order valence-electron chi connectivity index (χ1n) is 5.70. The van der Waals surface area contributed by atoms with E-state index in [1.807, 2.05) is 20.8 Å². The summed E-state index contributed by atoms with van der Waals surface area (Å²) in [5.41, 5.74) is 6.05. The summed E-state index contributed by atoms with van der Waals surface area (Å²) in [5, 5.41) is 9.76. The predicted molar refractivity (Wildman–Crippen MR) is 68.9 cm³/mol. The molecule has 1 unspecified atom stereocenters. The van der Waals surface area contributed by atoms with Gasteiger partial charge in [0.1, 0.15) is 0 Å². The van der Waals surface area contributed by atoms with Crippen molar-refractivity contribution in [3.63, 3.8) is 0 Å². The second-order valence-electron chi connectivity index (χ2n) is 4.64. The molecule has 4 nitrogen and oxygen atoms in total. The van der Waals surface area contributed by atoms with Crippen LogP contribution in [0.5, 0.6) is 5.75 Å². The van der Waals surface area contributed by atoms with E-state index in [1.54, 1.807) is 30.1 Å². The van der Waals surface area contributed by atoms with Gasteiger partial charge in [-0.1, -0.05) is 19.9 Å². The zero-order valence-corrected chi connectivity index (χ0v) is 10.8. The van der Waals surface area contributed by atoms with Crippen LogP contribution >= 0.6 is 0 Å². The van der Waals surface area contributed by atoms with Gasteiger partial charge in [-0.05, 0) is 25.0 Å². The van der Waals surface area contributed by atoms with Crippen LogP contribution in [0.4, 0.5) is 5.69 Å². The Morgan fingerprint density at radius 3 is 2.47 bits per heavy atom. The molecule has 1 aromatic carbocycles. The standard InChI is InChI=1S/C13H20N2O2/c1-8(2)9(3)15(4)13(17)10-6-5-7-11(14)12(10)16/h5-9,16H,14H2,1-4H3. The lowest BCUT2D eigenvalue weighted by Crippen LogP contribution is -2.38.